The molecule has 3 aromatic rings. The number of nitrogens with zero attached hydrogens (tertiary/aromatic N) is 5. The molecule has 1 fully saturated rings. The Balaban J connectivity index is 1.37. The fourth-order valence-electron chi connectivity index (χ4n) is 3.88. The molecule has 2 aliphatic rings. The number of hydrogen-bond donors (Lipinski definition) is 2. The topological polar surface area (TPSA) is 95.7 Å². The van der Waals surface area contributed by atoms with Crippen LogP contribution in [0.3, 0.4) is 0 Å². The number of likely N-dealkylation sites (N-methyl/N-ethyl adjacent to an activating group) is 1. The van der Waals surface area contributed by atoms with Gasteiger partial charge in [-0.2, -0.15) is 0 Å². The van der Waals surface area contributed by atoms with Crippen LogP contribution in [-0.2, 0) is 0 Å². The lowest BCUT2D eigenvalue weighted by atomic mass is 9.94. The zero-order valence-corrected chi connectivity index (χ0v) is 17.9. The second kappa shape index (κ2) is 7.73. The molecule has 0 spiro atoms. The molecule has 1 aromatic carbocycles. The van der Waals surface area contributed by atoms with Crippen molar-refractivity contribution >= 4 is 38.9 Å². The fraction of sp³-hybridized carbons (Fsp3) is 0.381. The van der Waals surface area contributed by atoms with Gasteiger partial charge < -0.3 is 25.3 Å². The molecule has 1 saturated heterocycles. The van der Waals surface area contributed by atoms with Gasteiger partial charge in [0.15, 0.2) is 5.13 Å². The maximum atomic E-state index is 6.25. The second-order valence-electron chi connectivity index (χ2n) is 7.78. The number of anilines is 1. The molecular weight excluding hydrogens is 398 g/mol. The number of H-pyrrole nitrogens is 1. The second-order valence-corrected chi connectivity index (χ2v) is 8.61. The molecule has 0 amide bonds. The molecule has 9 heteroatoms. The average Bonchev–Trinajstić information content (AvgIpc) is 3.41. The third-order valence-electron chi connectivity index (χ3n) is 5.78. The van der Waals surface area contributed by atoms with Gasteiger partial charge in [0.1, 0.15) is 17.4 Å². The van der Waals surface area contributed by atoms with Crippen LogP contribution in [0, 0.1) is 0 Å². The van der Waals surface area contributed by atoms with Gasteiger partial charge in [-0.3, -0.25) is 0 Å². The standard InChI is InChI=1S/C21H25N7OS/c1-27-5-7-28(8-6-27)21-26-18(12-30-21)13-9-15(19(22)23-11-13)20-24-16-4-3-14(29-2)10-17(16)25-20/h3-4,10-12,15H,5-9H2,1-2H3,(H2,22,23)(H,24,25). The zero-order chi connectivity index (χ0) is 20.7. The Morgan fingerprint density at radius 3 is 2.83 bits per heavy atom. The van der Waals surface area contributed by atoms with E-state index in [9.17, 15) is 0 Å². The number of aliphatic imine (C=N–C) groups is 1. The number of aromatic amines is 1. The van der Waals surface area contributed by atoms with E-state index in [0.717, 1.165) is 71.6 Å². The Labute approximate surface area is 179 Å². The molecule has 5 rings (SSSR count). The summed E-state index contributed by atoms with van der Waals surface area (Å²) in [6, 6.07) is 5.80. The first kappa shape index (κ1) is 19.1. The summed E-state index contributed by atoms with van der Waals surface area (Å²) in [6.07, 6.45) is 2.57. The van der Waals surface area contributed by atoms with E-state index in [4.69, 9.17) is 20.4 Å². The molecule has 0 radical (unpaired) electrons. The molecule has 2 aliphatic heterocycles. The number of nitrogens with one attached hydrogen (secondary N) is 1. The zero-order valence-electron chi connectivity index (χ0n) is 17.1. The summed E-state index contributed by atoms with van der Waals surface area (Å²) in [4.78, 5) is 22.2. The van der Waals surface area contributed by atoms with E-state index in [1.54, 1.807) is 18.4 Å². The van der Waals surface area contributed by atoms with Gasteiger partial charge in [0.2, 0.25) is 0 Å². The summed E-state index contributed by atoms with van der Waals surface area (Å²) in [5.41, 5.74) is 10.1. The van der Waals surface area contributed by atoms with E-state index in [2.05, 4.69) is 32.2 Å². The minimum atomic E-state index is -0.0998. The SMILES string of the molecule is COc1ccc2nc(C3CC(c4csc(N5CCN(C)CC5)n4)=CN=C3N)[nH]c2c1. The molecule has 0 bridgehead atoms. The van der Waals surface area contributed by atoms with E-state index >= 15 is 0 Å². The van der Waals surface area contributed by atoms with Gasteiger partial charge in [0, 0.05) is 43.8 Å². The van der Waals surface area contributed by atoms with Crippen molar-refractivity contribution in [1.82, 2.24) is 19.9 Å². The summed E-state index contributed by atoms with van der Waals surface area (Å²) in [7, 11) is 3.82. The Bertz CT molecular complexity index is 1120. The summed E-state index contributed by atoms with van der Waals surface area (Å²) in [5.74, 6) is 2.08. The molecule has 1 unspecified atom stereocenters. The van der Waals surface area contributed by atoms with Gasteiger partial charge in [-0.1, -0.05) is 0 Å². The minimum absolute atomic E-state index is 0.0998. The van der Waals surface area contributed by atoms with E-state index in [-0.39, 0.29) is 5.92 Å². The predicted octanol–water partition coefficient (Wildman–Crippen LogP) is 2.67. The van der Waals surface area contributed by atoms with Crippen LogP contribution in [0.1, 0.15) is 23.9 Å². The molecule has 3 N–H and O–H groups in total. The normalized spacial score (nSPS) is 20.3. The van der Waals surface area contributed by atoms with E-state index in [0.29, 0.717) is 5.84 Å². The van der Waals surface area contributed by atoms with Crippen molar-refractivity contribution in [2.75, 3.05) is 45.2 Å². The summed E-state index contributed by atoms with van der Waals surface area (Å²) in [6.45, 7) is 4.16. The van der Waals surface area contributed by atoms with Crippen molar-refractivity contribution in [2.24, 2.45) is 10.7 Å². The molecule has 30 heavy (non-hydrogen) atoms. The van der Waals surface area contributed by atoms with Crippen LogP contribution >= 0.6 is 11.3 Å². The maximum Gasteiger partial charge on any atom is 0.185 e. The predicted molar refractivity (Wildman–Crippen MR) is 121 cm³/mol. The largest absolute Gasteiger partial charge is 0.497 e. The number of rotatable bonds is 4. The third-order valence-corrected chi connectivity index (χ3v) is 6.68. The van der Waals surface area contributed by atoms with Crippen LogP contribution < -0.4 is 15.4 Å². The van der Waals surface area contributed by atoms with Crippen LogP contribution in [0.4, 0.5) is 5.13 Å². The maximum absolute atomic E-state index is 6.25. The van der Waals surface area contributed by atoms with Crippen molar-refractivity contribution in [3.8, 4) is 5.75 Å². The monoisotopic (exact) mass is 423 g/mol. The molecule has 2 aromatic heterocycles. The summed E-state index contributed by atoms with van der Waals surface area (Å²) < 4.78 is 5.31. The number of benzene rings is 1. The Kier molecular flexibility index (Phi) is 4.92. The summed E-state index contributed by atoms with van der Waals surface area (Å²) >= 11 is 1.70. The quantitative estimate of drug-likeness (QED) is 0.670. The number of piperazine rings is 1. The van der Waals surface area contributed by atoms with Crippen LogP contribution in [0.2, 0.25) is 0 Å². The lowest BCUT2D eigenvalue weighted by Crippen LogP contribution is -2.44. The van der Waals surface area contributed by atoms with Crippen LogP contribution in [0.5, 0.6) is 5.75 Å². The highest BCUT2D eigenvalue weighted by Crippen LogP contribution is 2.35. The highest BCUT2D eigenvalue weighted by atomic mass is 32.1. The van der Waals surface area contributed by atoms with E-state index in [1.807, 2.05) is 24.4 Å². The van der Waals surface area contributed by atoms with Gasteiger partial charge in [-0.25, -0.2) is 15.0 Å². The number of fused-ring (bicyclic) bond motifs is 1. The molecular formula is C21H25N7OS. The lowest BCUT2D eigenvalue weighted by molar-refractivity contribution is 0.312. The first-order valence-electron chi connectivity index (χ1n) is 10.1. The van der Waals surface area contributed by atoms with Gasteiger partial charge >= 0.3 is 0 Å². The Morgan fingerprint density at radius 2 is 2.03 bits per heavy atom. The Morgan fingerprint density at radius 1 is 1.20 bits per heavy atom. The van der Waals surface area contributed by atoms with Gasteiger partial charge in [-0.05, 0) is 31.2 Å². The molecule has 156 valence electrons. The minimum Gasteiger partial charge on any atom is -0.497 e. The first-order chi connectivity index (χ1) is 14.6. The number of amidine groups is 1. The van der Waals surface area contributed by atoms with Gasteiger partial charge in [0.25, 0.3) is 0 Å². The van der Waals surface area contributed by atoms with Crippen LogP contribution in [0.25, 0.3) is 16.6 Å². The van der Waals surface area contributed by atoms with Crippen molar-refractivity contribution in [3.05, 3.63) is 41.3 Å². The summed E-state index contributed by atoms with van der Waals surface area (Å²) in [5, 5.41) is 3.20. The smallest absolute Gasteiger partial charge is 0.185 e. The van der Waals surface area contributed by atoms with E-state index < -0.39 is 0 Å². The number of aromatic nitrogens is 3. The number of thiazole rings is 1. The first-order valence-corrected chi connectivity index (χ1v) is 10.9. The number of hydrogen-bond acceptors (Lipinski definition) is 8. The van der Waals surface area contributed by atoms with Crippen molar-refractivity contribution in [3.63, 3.8) is 0 Å². The fourth-order valence-corrected chi connectivity index (χ4v) is 4.79. The number of imidazole rings is 1. The Hall–Kier alpha value is -2.91. The number of allylic oxidation sites excluding steroid dienone is 1. The number of nitrogens with two attached hydrogens (primary N) is 1. The molecule has 4 heterocycles. The van der Waals surface area contributed by atoms with Crippen molar-refractivity contribution in [1.29, 1.82) is 0 Å². The van der Waals surface area contributed by atoms with Crippen molar-refractivity contribution < 1.29 is 4.74 Å². The average molecular weight is 424 g/mol. The molecule has 8 nitrogen and oxygen atoms in total. The van der Waals surface area contributed by atoms with Gasteiger partial charge in [-0.15, -0.1) is 11.3 Å². The van der Waals surface area contributed by atoms with Crippen LogP contribution in [0.15, 0.2) is 34.8 Å². The van der Waals surface area contributed by atoms with E-state index in [1.165, 1.54) is 0 Å². The highest BCUT2D eigenvalue weighted by Gasteiger charge is 2.26. The van der Waals surface area contributed by atoms with Crippen molar-refractivity contribution in [2.45, 2.75) is 12.3 Å². The third kappa shape index (κ3) is 3.54. The highest BCUT2D eigenvalue weighted by molar-refractivity contribution is 7.13. The number of ether oxygens (including phenoxy) is 1. The molecule has 0 saturated carbocycles. The number of methoxy groups -OCH3 is 1. The lowest BCUT2D eigenvalue weighted by Gasteiger charge is -2.32. The van der Waals surface area contributed by atoms with Crippen LogP contribution in [-0.4, -0.2) is 66.0 Å². The molecule has 0 aliphatic carbocycles. The van der Waals surface area contributed by atoms with Gasteiger partial charge in [0.05, 0.1) is 29.8 Å². The molecule has 1 atom stereocenters.